The van der Waals surface area contributed by atoms with Gasteiger partial charge in [-0.2, -0.15) is 0 Å². The van der Waals surface area contributed by atoms with Gasteiger partial charge in [-0.1, -0.05) is 47.2 Å². The summed E-state index contributed by atoms with van der Waals surface area (Å²) >= 11 is 1.27. The summed E-state index contributed by atoms with van der Waals surface area (Å²) in [6, 6.07) is 12.6. The number of carbonyl (C=O) groups excluding carboxylic acids is 1. The molecule has 5 heteroatoms. The minimum atomic E-state index is -0.372. The van der Waals surface area contributed by atoms with Crippen LogP contribution < -0.4 is 5.32 Å². The Morgan fingerprint density at radius 1 is 1.24 bits per heavy atom. The zero-order chi connectivity index (χ0) is 14.8. The molecule has 0 saturated carbocycles. The number of thiazole rings is 1. The average Bonchev–Trinajstić information content (AvgIpc) is 2.85. The molecular formula is C16H13FN2OS. The number of nitrogens with zero attached hydrogens (tertiary/aromatic N) is 1. The number of anilines is 1. The molecule has 0 unspecified atom stereocenters. The van der Waals surface area contributed by atoms with E-state index in [0.717, 1.165) is 15.8 Å². The van der Waals surface area contributed by atoms with E-state index in [1.807, 2.05) is 31.2 Å². The number of hydrogen-bond acceptors (Lipinski definition) is 3. The predicted octanol–water partition coefficient (Wildman–Crippen LogP) is 3.93. The molecule has 1 heterocycles. The Morgan fingerprint density at radius 2 is 2.00 bits per heavy atom. The van der Waals surface area contributed by atoms with E-state index >= 15 is 0 Å². The molecule has 0 saturated heterocycles. The Morgan fingerprint density at radius 3 is 2.71 bits per heavy atom. The Labute approximate surface area is 125 Å². The van der Waals surface area contributed by atoms with Crippen LogP contribution in [0.25, 0.3) is 10.2 Å². The van der Waals surface area contributed by atoms with Gasteiger partial charge in [-0.3, -0.25) is 4.79 Å². The van der Waals surface area contributed by atoms with Gasteiger partial charge < -0.3 is 5.32 Å². The summed E-state index contributed by atoms with van der Waals surface area (Å²) in [6.45, 7) is 2.00. The number of fused-ring (bicyclic) bond motifs is 1. The Kier molecular flexibility index (Phi) is 3.66. The highest BCUT2D eigenvalue weighted by atomic mass is 32.1. The summed E-state index contributed by atoms with van der Waals surface area (Å²) in [6.07, 6.45) is 0.276. The number of para-hydroxylation sites is 1. The number of aromatic nitrogens is 1. The fourth-order valence-electron chi connectivity index (χ4n) is 2.02. The topological polar surface area (TPSA) is 42.0 Å². The maximum absolute atomic E-state index is 13.6. The van der Waals surface area contributed by atoms with Gasteiger partial charge in [-0.05, 0) is 24.6 Å². The van der Waals surface area contributed by atoms with Crippen molar-refractivity contribution in [1.29, 1.82) is 0 Å². The van der Waals surface area contributed by atoms with Gasteiger partial charge in [-0.25, -0.2) is 9.37 Å². The highest BCUT2D eigenvalue weighted by Gasteiger charge is 2.10. The highest BCUT2D eigenvalue weighted by molar-refractivity contribution is 7.22. The molecule has 0 spiro atoms. The van der Waals surface area contributed by atoms with Crippen LogP contribution in [0, 0.1) is 12.7 Å². The molecule has 3 nitrogen and oxygen atoms in total. The molecule has 0 bridgehead atoms. The molecule has 1 aromatic heterocycles. The van der Waals surface area contributed by atoms with Crippen molar-refractivity contribution in [3.8, 4) is 0 Å². The number of rotatable bonds is 3. The lowest BCUT2D eigenvalue weighted by Crippen LogP contribution is -2.14. The van der Waals surface area contributed by atoms with E-state index in [4.69, 9.17) is 0 Å². The quantitative estimate of drug-likeness (QED) is 0.796. The number of aryl methyl sites for hydroxylation is 1. The SMILES string of the molecule is Cc1ccc(CC(=O)Nc2nc3c(F)cccc3s2)cc1. The number of benzene rings is 2. The Hall–Kier alpha value is -2.27. The Balaban J connectivity index is 1.74. The van der Waals surface area contributed by atoms with Gasteiger partial charge in [0.25, 0.3) is 0 Å². The van der Waals surface area contributed by atoms with Crippen molar-refractivity contribution in [2.45, 2.75) is 13.3 Å². The molecule has 0 aliphatic carbocycles. The van der Waals surface area contributed by atoms with Crippen LogP contribution in [-0.4, -0.2) is 10.9 Å². The van der Waals surface area contributed by atoms with Crippen LogP contribution in [0.4, 0.5) is 9.52 Å². The number of nitrogens with one attached hydrogen (secondary N) is 1. The fraction of sp³-hybridized carbons (Fsp3) is 0.125. The standard InChI is InChI=1S/C16H13FN2OS/c1-10-5-7-11(8-6-10)9-14(20)18-16-19-15-12(17)3-2-4-13(15)21-16/h2-8H,9H2,1H3,(H,18,19,20). The van der Waals surface area contributed by atoms with Gasteiger partial charge >= 0.3 is 0 Å². The van der Waals surface area contributed by atoms with Gasteiger partial charge in [-0.15, -0.1) is 0 Å². The average molecular weight is 300 g/mol. The first-order valence-electron chi connectivity index (χ1n) is 6.52. The Bertz CT molecular complexity index is 796. The molecule has 106 valence electrons. The van der Waals surface area contributed by atoms with Crippen molar-refractivity contribution in [2.24, 2.45) is 0 Å². The van der Waals surface area contributed by atoms with Crippen LogP contribution in [0.3, 0.4) is 0 Å². The normalized spacial score (nSPS) is 10.8. The molecule has 3 rings (SSSR count). The molecule has 1 N–H and O–H groups in total. The van der Waals surface area contributed by atoms with Crippen LogP contribution in [0.5, 0.6) is 0 Å². The second-order valence-corrected chi connectivity index (χ2v) is 5.85. The van der Waals surface area contributed by atoms with E-state index < -0.39 is 0 Å². The van der Waals surface area contributed by atoms with E-state index in [0.29, 0.717) is 10.6 Å². The molecule has 21 heavy (non-hydrogen) atoms. The van der Waals surface area contributed by atoms with Gasteiger partial charge in [0.05, 0.1) is 11.1 Å². The lowest BCUT2D eigenvalue weighted by atomic mass is 10.1. The molecule has 0 radical (unpaired) electrons. The highest BCUT2D eigenvalue weighted by Crippen LogP contribution is 2.27. The van der Waals surface area contributed by atoms with E-state index in [9.17, 15) is 9.18 Å². The molecule has 0 aliphatic rings. The van der Waals surface area contributed by atoms with E-state index in [1.165, 1.54) is 17.4 Å². The molecular weight excluding hydrogens is 287 g/mol. The molecule has 0 atom stereocenters. The maximum Gasteiger partial charge on any atom is 0.230 e. The summed E-state index contributed by atoms with van der Waals surface area (Å²) in [7, 11) is 0. The first kappa shape index (κ1) is 13.7. The maximum atomic E-state index is 13.6. The number of carbonyl (C=O) groups is 1. The van der Waals surface area contributed by atoms with E-state index in [2.05, 4.69) is 10.3 Å². The lowest BCUT2D eigenvalue weighted by molar-refractivity contribution is -0.115. The fourth-order valence-corrected chi connectivity index (χ4v) is 2.92. The van der Waals surface area contributed by atoms with Crippen LogP contribution >= 0.6 is 11.3 Å². The van der Waals surface area contributed by atoms with Gasteiger partial charge in [0.2, 0.25) is 5.91 Å². The molecule has 0 aliphatic heterocycles. The summed E-state index contributed by atoms with van der Waals surface area (Å²) in [4.78, 5) is 16.1. The van der Waals surface area contributed by atoms with Gasteiger partial charge in [0, 0.05) is 0 Å². The third-order valence-corrected chi connectivity index (χ3v) is 4.04. The second-order valence-electron chi connectivity index (χ2n) is 4.82. The third-order valence-electron chi connectivity index (χ3n) is 3.10. The van der Waals surface area contributed by atoms with Gasteiger partial charge in [0.15, 0.2) is 5.13 Å². The largest absolute Gasteiger partial charge is 0.302 e. The first-order valence-corrected chi connectivity index (χ1v) is 7.34. The van der Waals surface area contributed by atoms with Crippen molar-refractivity contribution >= 4 is 32.6 Å². The minimum absolute atomic E-state index is 0.154. The van der Waals surface area contributed by atoms with Crippen molar-refractivity contribution in [1.82, 2.24) is 4.98 Å². The summed E-state index contributed by atoms with van der Waals surface area (Å²) in [5.74, 6) is -0.527. The monoisotopic (exact) mass is 300 g/mol. The number of hydrogen-bond donors (Lipinski definition) is 1. The second kappa shape index (κ2) is 5.61. The number of amides is 1. The number of halogens is 1. The van der Waals surface area contributed by atoms with Crippen LogP contribution in [0.15, 0.2) is 42.5 Å². The van der Waals surface area contributed by atoms with Crippen molar-refractivity contribution in [3.05, 3.63) is 59.4 Å². The summed E-state index contributed by atoms with van der Waals surface area (Å²) in [5.41, 5.74) is 2.39. The van der Waals surface area contributed by atoms with Crippen molar-refractivity contribution in [2.75, 3.05) is 5.32 Å². The molecule has 2 aromatic carbocycles. The van der Waals surface area contributed by atoms with Crippen LogP contribution in [0.1, 0.15) is 11.1 Å². The smallest absolute Gasteiger partial charge is 0.230 e. The third kappa shape index (κ3) is 3.08. The lowest BCUT2D eigenvalue weighted by Gasteiger charge is -2.02. The zero-order valence-corrected chi connectivity index (χ0v) is 12.2. The zero-order valence-electron chi connectivity index (χ0n) is 11.4. The molecule has 3 aromatic rings. The summed E-state index contributed by atoms with van der Waals surface area (Å²) in [5, 5.41) is 3.15. The van der Waals surface area contributed by atoms with E-state index in [1.54, 1.807) is 12.1 Å². The van der Waals surface area contributed by atoms with Crippen molar-refractivity contribution < 1.29 is 9.18 Å². The van der Waals surface area contributed by atoms with Crippen molar-refractivity contribution in [3.63, 3.8) is 0 Å². The molecule has 0 fully saturated rings. The van der Waals surface area contributed by atoms with Crippen LogP contribution in [0.2, 0.25) is 0 Å². The van der Waals surface area contributed by atoms with E-state index in [-0.39, 0.29) is 18.1 Å². The minimum Gasteiger partial charge on any atom is -0.302 e. The van der Waals surface area contributed by atoms with Gasteiger partial charge in [0.1, 0.15) is 11.3 Å². The molecule has 1 amide bonds. The van der Waals surface area contributed by atoms with Crippen LogP contribution in [-0.2, 0) is 11.2 Å². The summed E-state index contributed by atoms with van der Waals surface area (Å²) < 4.78 is 14.3. The predicted molar refractivity (Wildman–Crippen MR) is 83.1 cm³/mol. The first-order chi connectivity index (χ1) is 10.1.